The van der Waals surface area contributed by atoms with Gasteiger partial charge in [-0.2, -0.15) is 21.6 Å². The Balaban J connectivity index is 1.17. The molecule has 3 heterocycles. The molecule has 382 valence electrons. The number of amides is 3. The Bertz CT molecular complexity index is 3050. The number of allylic oxidation sites excluding steroid dienone is 1. The number of thiazole rings is 1. The quantitative estimate of drug-likeness (QED) is 0.00899. The number of anilines is 1. The molecule has 1 saturated heterocycles. The lowest BCUT2D eigenvalue weighted by Gasteiger charge is -2.49. The highest BCUT2D eigenvalue weighted by Gasteiger charge is 2.55. The van der Waals surface area contributed by atoms with E-state index in [-0.39, 0.29) is 39.4 Å². The number of nitrogens with one attached hydrogen (secondary N) is 2. The van der Waals surface area contributed by atoms with Crippen LogP contribution >= 0.6 is 34.7 Å². The van der Waals surface area contributed by atoms with E-state index in [0.717, 1.165) is 40.5 Å². The molecule has 8 rings (SSSR count). The molecule has 22 heteroatoms. The van der Waals surface area contributed by atoms with E-state index < -0.39 is 74.0 Å². The summed E-state index contributed by atoms with van der Waals surface area (Å²) < 4.78 is 78.7. The summed E-state index contributed by atoms with van der Waals surface area (Å²) in [6.45, 7) is 2.06. The molecule has 0 saturated carbocycles. The van der Waals surface area contributed by atoms with E-state index in [4.69, 9.17) is 25.9 Å². The molecule has 0 aliphatic carbocycles. The Labute approximate surface area is 436 Å². The van der Waals surface area contributed by atoms with Crippen molar-refractivity contribution in [3.8, 4) is 0 Å². The van der Waals surface area contributed by atoms with Gasteiger partial charge in [-0.1, -0.05) is 193 Å². The summed E-state index contributed by atoms with van der Waals surface area (Å²) in [4.78, 5) is 68.8. The number of benzene rings is 5. The fourth-order valence-electron chi connectivity index (χ4n) is 7.87. The van der Waals surface area contributed by atoms with E-state index in [1.165, 1.54) is 0 Å². The van der Waals surface area contributed by atoms with Crippen molar-refractivity contribution in [1.29, 1.82) is 0 Å². The molecule has 0 radical (unpaired) electrons. The minimum atomic E-state index is -6.10. The molecule has 0 unspecified atom stereocenters. The van der Waals surface area contributed by atoms with Crippen LogP contribution in [0.1, 0.15) is 59.4 Å². The van der Waals surface area contributed by atoms with Crippen molar-refractivity contribution in [3.05, 3.63) is 213 Å². The maximum Gasteiger partial charge on any atom is 0.534 e. The van der Waals surface area contributed by atoms with Crippen LogP contribution in [0.3, 0.4) is 0 Å². The van der Waals surface area contributed by atoms with Gasteiger partial charge >= 0.3 is 27.7 Å². The number of alkyl halides is 3. The topological polar surface area (TPSA) is 192 Å². The standard InChI is InChI=1S/C52H43ClF3N5O10S3/c1-2-3-30-68-50(65)59-49-58-39(44(53)73-49)40(60-71-51(36-23-13-6-14-24-36,37-25-15-7-16-26-37)38-27-17-8-18-28-38)45(62)57-41-46(63)61-42(35(32-72-47(41)61)29-31-69-74(66,67)52(54,55)56)48(64)70-43(33-19-9-4-10-20-33)34-21-11-5-12-22-34/h4-29,31,41,43,47H,2-3,30,32H2,1H3,(H,57,62)(H,58,59,65)/b31-29+,60-40?/t41-,47-/m1/s1. The van der Waals surface area contributed by atoms with Crippen molar-refractivity contribution >= 4 is 79.5 Å². The lowest BCUT2D eigenvalue weighted by molar-refractivity contribution is -0.154. The molecule has 2 aliphatic heterocycles. The summed E-state index contributed by atoms with van der Waals surface area (Å²) in [5.41, 5.74) is -5.81. The van der Waals surface area contributed by atoms with Crippen molar-refractivity contribution in [1.82, 2.24) is 15.2 Å². The fourth-order valence-corrected chi connectivity index (χ4v) is 10.5. The van der Waals surface area contributed by atoms with Crippen LogP contribution in [-0.2, 0) is 48.6 Å². The molecule has 0 bridgehead atoms. The number of hydrogen-bond donors (Lipinski definition) is 2. The van der Waals surface area contributed by atoms with Gasteiger partial charge in [0.1, 0.15) is 33.4 Å². The number of carbonyl (C=O) groups is 4. The number of esters is 1. The summed E-state index contributed by atoms with van der Waals surface area (Å²) in [6.07, 6.45) is 0.548. The predicted molar refractivity (Wildman–Crippen MR) is 272 cm³/mol. The van der Waals surface area contributed by atoms with Crippen molar-refractivity contribution in [2.45, 2.75) is 48.4 Å². The minimum absolute atomic E-state index is 0.0635. The highest BCUT2D eigenvalue weighted by Crippen LogP contribution is 2.44. The van der Waals surface area contributed by atoms with Crippen molar-refractivity contribution in [3.63, 3.8) is 0 Å². The first-order valence-electron chi connectivity index (χ1n) is 22.6. The van der Waals surface area contributed by atoms with Crippen LogP contribution in [0.2, 0.25) is 4.34 Å². The zero-order valence-electron chi connectivity index (χ0n) is 38.8. The van der Waals surface area contributed by atoms with E-state index in [0.29, 0.717) is 34.2 Å². The average molecular weight is 1090 g/mol. The van der Waals surface area contributed by atoms with Crippen LogP contribution < -0.4 is 10.6 Å². The van der Waals surface area contributed by atoms with E-state index >= 15 is 0 Å². The number of halogens is 4. The summed E-state index contributed by atoms with van der Waals surface area (Å²) in [7, 11) is -6.10. The predicted octanol–water partition coefficient (Wildman–Crippen LogP) is 10.2. The third-order valence-corrected chi connectivity index (χ3v) is 14.8. The third kappa shape index (κ3) is 11.5. The van der Waals surface area contributed by atoms with Crippen molar-refractivity contribution in [2.75, 3.05) is 17.7 Å². The van der Waals surface area contributed by atoms with Crippen LogP contribution in [0, 0.1) is 0 Å². The van der Waals surface area contributed by atoms with Gasteiger partial charge in [0.25, 0.3) is 11.8 Å². The minimum Gasteiger partial charge on any atom is -0.449 e. The average Bonchev–Trinajstić information content (AvgIpc) is 3.78. The number of carbonyl (C=O) groups excluding carboxylic acids is 4. The molecular formula is C52H43ClF3N5O10S3. The molecule has 0 spiro atoms. The van der Waals surface area contributed by atoms with Crippen LogP contribution in [0.15, 0.2) is 180 Å². The van der Waals surface area contributed by atoms with Gasteiger partial charge in [-0.25, -0.2) is 14.6 Å². The van der Waals surface area contributed by atoms with Gasteiger partial charge in [-0.15, -0.1) is 11.8 Å². The monoisotopic (exact) mass is 1090 g/mol. The molecule has 74 heavy (non-hydrogen) atoms. The number of rotatable bonds is 19. The van der Waals surface area contributed by atoms with Gasteiger partial charge in [-0.05, 0) is 29.2 Å². The number of ether oxygens (including phenoxy) is 2. The molecule has 2 N–H and O–H groups in total. The van der Waals surface area contributed by atoms with Crippen LogP contribution in [0.4, 0.5) is 23.1 Å². The second kappa shape index (κ2) is 23.2. The number of nitrogens with zero attached hydrogens (tertiary/aromatic N) is 3. The summed E-state index contributed by atoms with van der Waals surface area (Å²) >= 11 is 8.59. The second-order valence-corrected chi connectivity index (χ2v) is 20.5. The maximum absolute atomic E-state index is 14.9. The number of aromatic nitrogens is 1. The maximum atomic E-state index is 14.9. The fraction of sp³-hybridized carbons (Fsp3) is 0.192. The Hall–Kier alpha value is -7.46. The lowest BCUT2D eigenvalue weighted by atomic mass is 9.80. The molecule has 6 aromatic rings. The van der Waals surface area contributed by atoms with Gasteiger partial charge in [0.15, 0.2) is 16.9 Å². The SMILES string of the molecule is CCCCOC(=O)Nc1nc(C(=NOC(c2ccccc2)(c2ccccc2)c2ccccc2)C(=O)N[C@@H]2C(=O)N3C(C(=O)OC(c4ccccc4)c4ccccc4)=C(/C=C/OS(=O)(=O)C(F)(F)F)CS[C@H]23)c(Cl)s1. The molecular weight excluding hydrogens is 1040 g/mol. The first-order valence-corrected chi connectivity index (χ1v) is 26.3. The highest BCUT2D eigenvalue weighted by molar-refractivity contribution is 8.00. The molecule has 1 fully saturated rings. The Kier molecular flexibility index (Phi) is 16.6. The Morgan fingerprint density at radius 3 is 1.89 bits per heavy atom. The zero-order chi connectivity index (χ0) is 52.5. The Morgan fingerprint density at radius 2 is 1.38 bits per heavy atom. The number of oxime groups is 1. The van der Waals surface area contributed by atoms with E-state index in [1.807, 2.05) is 97.9 Å². The van der Waals surface area contributed by atoms with Crippen LogP contribution in [0.5, 0.6) is 0 Å². The van der Waals surface area contributed by atoms with Crippen molar-refractivity contribution in [2.24, 2.45) is 5.16 Å². The largest absolute Gasteiger partial charge is 0.534 e. The first-order chi connectivity index (χ1) is 35.6. The second-order valence-electron chi connectivity index (χ2n) is 16.2. The van der Waals surface area contributed by atoms with E-state index in [2.05, 4.69) is 25.0 Å². The molecule has 15 nitrogen and oxygen atoms in total. The molecule has 3 amide bonds. The highest BCUT2D eigenvalue weighted by atomic mass is 35.5. The number of β-lactam (4-membered cyclic amide) rings is 1. The summed E-state index contributed by atoms with van der Waals surface area (Å²) in [5, 5.41) is 8.60. The normalized spacial score (nSPS) is 16.1. The van der Waals surface area contributed by atoms with E-state index in [1.54, 1.807) is 60.7 Å². The first kappa shape index (κ1) is 52.9. The van der Waals surface area contributed by atoms with Gasteiger partial charge in [0.05, 0.1) is 6.61 Å². The van der Waals surface area contributed by atoms with Gasteiger partial charge < -0.3 is 23.8 Å². The molecule has 2 atom stereocenters. The summed E-state index contributed by atoms with van der Waals surface area (Å²) in [5.74, 6) is -3.24. The number of thioether (sulfide) groups is 1. The molecule has 1 aromatic heterocycles. The van der Waals surface area contributed by atoms with Crippen LogP contribution in [-0.4, -0.2) is 77.2 Å². The van der Waals surface area contributed by atoms with Crippen LogP contribution in [0.25, 0.3) is 0 Å². The third-order valence-electron chi connectivity index (χ3n) is 11.4. The number of fused-ring (bicyclic) bond motifs is 1. The molecule has 5 aromatic carbocycles. The Morgan fingerprint density at radius 1 is 0.851 bits per heavy atom. The summed E-state index contributed by atoms with van der Waals surface area (Å²) in [6, 6.07) is 43.0. The van der Waals surface area contributed by atoms with Gasteiger partial charge in [0.2, 0.25) is 5.60 Å². The smallest absolute Gasteiger partial charge is 0.449 e. The number of unbranched alkanes of at least 4 members (excludes halogenated alkanes) is 1. The molecule has 2 aliphatic rings. The number of hydrogen-bond acceptors (Lipinski definition) is 14. The van der Waals surface area contributed by atoms with Gasteiger partial charge in [-0.3, -0.25) is 19.8 Å². The zero-order valence-corrected chi connectivity index (χ0v) is 42.0. The lowest BCUT2D eigenvalue weighted by Crippen LogP contribution is -2.71. The van der Waals surface area contributed by atoms with Gasteiger partial charge in [0, 0.05) is 22.4 Å². The van der Waals surface area contributed by atoms with Crippen molar-refractivity contribution < 1.29 is 59.3 Å². The van der Waals surface area contributed by atoms with E-state index in [9.17, 15) is 40.8 Å².